The summed E-state index contributed by atoms with van der Waals surface area (Å²) >= 11 is 1.29. The molecule has 8 nitrogen and oxygen atoms in total. The summed E-state index contributed by atoms with van der Waals surface area (Å²) in [6, 6.07) is 3.04. The third kappa shape index (κ3) is 4.38. The standard InChI is InChI=1S/C21H21FN6O2S.ClH/c22-18-8-15(28-10-14(9-25-28)13-1-3-23-4-2-13)7-16-17(18)11-27(20(16)30)12-19(29)26-21-24-5-6-31-21;/h5-10,13,23H,1-4,11-12H2,(H,24,26,29);1H. The number of halogens is 2. The maximum absolute atomic E-state index is 14.9. The molecule has 0 saturated carbocycles. The van der Waals surface area contributed by atoms with E-state index in [2.05, 4.69) is 20.7 Å². The highest BCUT2D eigenvalue weighted by Crippen LogP contribution is 2.30. The molecule has 2 aliphatic rings. The molecule has 0 unspecified atom stereocenters. The van der Waals surface area contributed by atoms with E-state index >= 15 is 0 Å². The van der Waals surface area contributed by atoms with Crippen molar-refractivity contribution in [3.63, 3.8) is 0 Å². The minimum absolute atomic E-state index is 0. The molecule has 0 bridgehead atoms. The van der Waals surface area contributed by atoms with E-state index in [-0.39, 0.29) is 42.9 Å². The van der Waals surface area contributed by atoms with Crippen LogP contribution in [-0.2, 0) is 11.3 Å². The van der Waals surface area contributed by atoms with Crippen LogP contribution in [0.2, 0.25) is 0 Å². The van der Waals surface area contributed by atoms with Crippen LogP contribution in [-0.4, -0.2) is 51.1 Å². The number of aromatic nitrogens is 3. The molecule has 2 aromatic heterocycles. The van der Waals surface area contributed by atoms with Crippen LogP contribution >= 0.6 is 23.7 Å². The van der Waals surface area contributed by atoms with Crippen molar-refractivity contribution in [2.75, 3.05) is 25.0 Å². The maximum atomic E-state index is 14.9. The summed E-state index contributed by atoms with van der Waals surface area (Å²) in [5, 5.41) is 12.6. The van der Waals surface area contributed by atoms with Gasteiger partial charge < -0.3 is 15.5 Å². The highest BCUT2D eigenvalue weighted by molar-refractivity contribution is 7.13. The molecule has 0 radical (unpaired) electrons. The highest BCUT2D eigenvalue weighted by atomic mass is 35.5. The number of thiazole rings is 1. The molecule has 2 amide bonds. The lowest BCUT2D eigenvalue weighted by Gasteiger charge is -2.21. The molecule has 1 fully saturated rings. The SMILES string of the molecule is Cl.O=C(CN1Cc2c(F)cc(-n3cc(C4CCNCC4)cn3)cc2C1=O)Nc1nccs1. The van der Waals surface area contributed by atoms with Crippen LogP contribution in [0.5, 0.6) is 0 Å². The molecule has 168 valence electrons. The van der Waals surface area contributed by atoms with Crippen molar-refractivity contribution < 1.29 is 14.0 Å². The second kappa shape index (κ2) is 9.35. The summed E-state index contributed by atoms with van der Waals surface area (Å²) in [6.07, 6.45) is 7.40. The smallest absolute Gasteiger partial charge is 0.255 e. The van der Waals surface area contributed by atoms with E-state index in [0.29, 0.717) is 22.3 Å². The first kappa shape index (κ1) is 22.4. The number of amides is 2. The first-order valence-corrected chi connectivity index (χ1v) is 11.0. The van der Waals surface area contributed by atoms with Crippen LogP contribution < -0.4 is 10.6 Å². The first-order valence-electron chi connectivity index (χ1n) is 10.1. The Kier molecular flexibility index (Phi) is 6.54. The number of rotatable bonds is 5. The van der Waals surface area contributed by atoms with Crippen LogP contribution in [0.4, 0.5) is 9.52 Å². The molecule has 3 aromatic rings. The predicted octanol–water partition coefficient (Wildman–Crippen LogP) is 2.95. The van der Waals surface area contributed by atoms with Gasteiger partial charge in [-0.15, -0.1) is 23.7 Å². The Morgan fingerprint density at radius 3 is 2.88 bits per heavy atom. The molecule has 4 heterocycles. The van der Waals surface area contributed by atoms with Crippen molar-refractivity contribution in [3.05, 3.63) is 58.6 Å². The van der Waals surface area contributed by atoms with Crippen LogP contribution in [0.3, 0.4) is 0 Å². The molecule has 1 aromatic carbocycles. The van der Waals surface area contributed by atoms with Crippen LogP contribution in [0.1, 0.15) is 40.2 Å². The fraction of sp³-hybridized carbons (Fsp3) is 0.333. The summed E-state index contributed by atoms with van der Waals surface area (Å²) in [7, 11) is 0. The first-order chi connectivity index (χ1) is 15.1. The maximum Gasteiger partial charge on any atom is 0.255 e. The zero-order valence-electron chi connectivity index (χ0n) is 17.1. The van der Waals surface area contributed by atoms with Gasteiger partial charge in [0.2, 0.25) is 5.91 Å². The molecular formula is C21H22ClFN6O2S. The van der Waals surface area contributed by atoms with Gasteiger partial charge >= 0.3 is 0 Å². The average molecular weight is 477 g/mol. The van der Waals surface area contributed by atoms with Crippen LogP contribution in [0.15, 0.2) is 36.1 Å². The van der Waals surface area contributed by atoms with E-state index in [1.54, 1.807) is 22.3 Å². The van der Waals surface area contributed by atoms with E-state index < -0.39 is 5.82 Å². The summed E-state index contributed by atoms with van der Waals surface area (Å²) in [6.45, 7) is 1.85. The minimum atomic E-state index is -0.470. The highest BCUT2D eigenvalue weighted by Gasteiger charge is 2.32. The number of benzene rings is 1. The molecule has 32 heavy (non-hydrogen) atoms. The van der Waals surface area contributed by atoms with Crippen LogP contribution in [0.25, 0.3) is 5.69 Å². The number of nitrogens with zero attached hydrogens (tertiary/aromatic N) is 4. The van der Waals surface area contributed by atoms with Gasteiger partial charge in [0.15, 0.2) is 5.13 Å². The van der Waals surface area contributed by atoms with Crippen molar-refractivity contribution in [2.24, 2.45) is 0 Å². The third-order valence-corrected chi connectivity index (χ3v) is 6.43. The van der Waals surface area contributed by atoms with E-state index in [1.165, 1.54) is 22.3 Å². The molecule has 2 N–H and O–H groups in total. The van der Waals surface area contributed by atoms with Gasteiger partial charge in [-0.1, -0.05) is 0 Å². The zero-order chi connectivity index (χ0) is 21.4. The molecule has 11 heteroatoms. The van der Waals surface area contributed by atoms with Crippen LogP contribution in [0, 0.1) is 5.82 Å². The molecule has 0 spiro atoms. The third-order valence-electron chi connectivity index (χ3n) is 5.74. The van der Waals surface area contributed by atoms with Gasteiger partial charge in [-0.25, -0.2) is 14.1 Å². The lowest BCUT2D eigenvalue weighted by Crippen LogP contribution is -2.33. The number of carbonyl (C=O) groups is 2. The lowest BCUT2D eigenvalue weighted by molar-refractivity contribution is -0.116. The predicted molar refractivity (Wildman–Crippen MR) is 121 cm³/mol. The normalized spacial score (nSPS) is 16.0. The van der Waals surface area contributed by atoms with Gasteiger partial charge in [0.1, 0.15) is 12.4 Å². The van der Waals surface area contributed by atoms with Gasteiger partial charge in [-0.2, -0.15) is 5.10 Å². The average Bonchev–Trinajstić information content (AvgIpc) is 3.51. The monoisotopic (exact) mass is 476 g/mol. The fourth-order valence-corrected chi connectivity index (χ4v) is 4.67. The topological polar surface area (TPSA) is 92.2 Å². The number of nitrogens with one attached hydrogen (secondary N) is 2. The van der Waals surface area contributed by atoms with E-state index in [0.717, 1.165) is 31.5 Å². The number of carbonyl (C=O) groups excluding carboxylic acids is 2. The second-order valence-corrected chi connectivity index (χ2v) is 8.64. The summed E-state index contributed by atoms with van der Waals surface area (Å²) in [5.41, 5.74) is 2.20. The number of hydrogen-bond donors (Lipinski definition) is 2. The molecule has 0 atom stereocenters. The van der Waals surface area contributed by atoms with Crippen molar-refractivity contribution in [1.82, 2.24) is 25.0 Å². The Morgan fingerprint density at radius 1 is 1.31 bits per heavy atom. The van der Waals surface area contributed by atoms with Gasteiger partial charge in [0.25, 0.3) is 5.91 Å². The van der Waals surface area contributed by atoms with Gasteiger partial charge in [0, 0.05) is 28.9 Å². The Bertz CT molecular complexity index is 1130. The second-order valence-electron chi connectivity index (χ2n) is 7.74. The minimum Gasteiger partial charge on any atom is -0.325 e. The fourth-order valence-electron chi connectivity index (χ4n) is 4.13. The molecule has 2 aliphatic heterocycles. The van der Waals surface area contributed by atoms with Crippen molar-refractivity contribution >= 4 is 40.7 Å². The lowest BCUT2D eigenvalue weighted by atomic mass is 9.93. The van der Waals surface area contributed by atoms with E-state index in [9.17, 15) is 14.0 Å². The summed E-state index contributed by atoms with van der Waals surface area (Å²) < 4.78 is 16.5. The Balaban J connectivity index is 0.00000245. The Labute approximate surface area is 194 Å². The molecule has 0 aliphatic carbocycles. The Hall–Kier alpha value is -2.82. The molecular weight excluding hydrogens is 455 g/mol. The zero-order valence-corrected chi connectivity index (χ0v) is 18.7. The number of fused-ring (bicyclic) bond motifs is 1. The summed E-state index contributed by atoms with van der Waals surface area (Å²) in [4.78, 5) is 30.4. The van der Waals surface area contributed by atoms with Gasteiger partial charge in [-0.05, 0) is 49.5 Å². The largest absolute Gasteiger partial charge is 0.325 e. The summed E-state index contributed by atoms with van der Waals surface area (Å²) in [5.74, 6) is -0.767. The van der Waals surface area contributed by atoms with E-state index in [4.69, 9.17) is 0 Å². The van der Waals surface area contributed by atoms with Crippen molar-refractivity contribution in [2.45, 2.75) is 25.3 Å². The molecule has 1 saturated heterocycles. The number of piperidine rings is 1. The number of anilines is 1. The van der Waals surface area contributed by atoms with E-state index in [1.807, 2.05) is 12.4 Å². The molecule has 5 rings (SSSR count). The van der Waals surface area contributed by atoms with Crippen molar-refractivity contribution in [3.8, 4) is 5.69 Å². The number of hydrogen-bond acceptors (Lipinski definition) is 6. The van der Waals surface area contributed by atoms with Gasteiger partial charge in [0.05, 0.1) is 18.4 Å². The quantitative estimate of drug-likeness (QED) is 0.590. The Morgan fingerprint density at radius 2 is 2.12 bits per heavy atom. The van der Waals surface area contributed by atoms with Crippen molar-refractivity contribution in [1.29, 1.82) is 0 Å². The van der Waals surface area contributed by atoms with Gasteiger partial charge in [-0.3, -0.25) is 9.59 Å².